The van der Waals surface area contributed by atoms with Gasteiger partial charge >= 0.3 is 0 Å². The van der Waals surface area contributed by atoms with E-state index in [4.69, 9.17) is 0 Å². The standard InChI is InChI=1S/C16H16BrNS.C2H6/c1-3-11-18(2)14-7-9-15(10-8-14)19-16-6-4-5-13(17)12-16;1-2/h3-10,12H,1,11H2,2H3;1-2H3. The van der Waals surface area contributed by atoms with E-state index < -0.39 is 0 Å². The second kappa shape index (κ2) is 9.69. The largest absolute Gasteiger partial charge is 0.371 e. The Morgan fingerprint density at radius 3 is 2.33 bits per heavy atom. The summed E-state index contributed by atoms with van der Waals surface area (Å²) in [5, 5.41) is 0. The third-order valence-corrected chi connectivity index (χ3v) is 4.20. The van der Waals surface area contributed by atoms with Crippen LogP contribution in [0.2, 0.25) is 0 Å². The summed E-state index contributed by atoms with van der Waals surface area (Å²) < 4.78 is 1.11. The normalized spacial score (nSPS) is 9.52. The van der Waals surface area contributed by atoms with Crippen LogP contribution < -0.4 is 4.90 Å². The number of rotatable bonds is 5. The maximum absolute atomic E-state index is 3.76. The van der Waals surface area contributed by atoms with E-state index in [1.807, 2.05) is 26.0 Å². The number of nitrogens with zero attached hydrogens (tertiary/aromatic N) is 1. The Hall–Kier alpha value is -1.19. The molecular weight excluding hydrogens is 342 g/mol. The zero-order chi connectivity index (χ0) is 15.7. The van der Waals surface area contributed by atoms with E-state index in [2.05, 4.69) is 76.9 Å². The molecule has 2 aromatic rings. The van der Waals surface area contributed by atoms with Gasteiger partial charge in [-0.15, -0.1) is 6.58 Å². The van der Waals surface area contributed by atoms with E-state index in [1.165, 1.54) is 15.5 Å². The molecule has 0 amide bonds. The van der Waals surface area contributed by atoms with Gasteiger partial charge in [-0.3, -0.25) is 0 Å². The molecular formula is C18H22BrNS. The van der Waals surface area contributed by atoms with Crippen molar-refractivity contribution < 1.29 is 0 Å². The van der Waals surface area contributed by atoms with Crippen LogP contribution in [0.15, 0.2) is 75.4 Å². The van der Waals surface area contributed by atoms with Gasteiger partial charge in [0, 0.05) is 33.5 Å². The zero-order valence-electron chi connectivity index (χ0n) is 12.8. The van der Waals surface area contributed by atoms with Gasteiger partial charge in [0.1, 0.15) is 0 Å². The van der Waals surface area contributed by atoms with Gasteiger partial charge in [0.05, 0.1) is 0 Å². The summed E-state index contributed by atoms with van der Waals surface area (Å²) in [6, 6.07) is 16.9. The molecule has 0 heterocycles. The number of likely N-dealkylation sites (N-methyl/N-ethyl adjacent to an activating group) is 1. The van der Waals surface area contributed by atoms with Crippen molar-refractivity contribution in [3.8, 4) is 0 Å². The van der Waals surface area contributed by atoms with Crippen LogP contribution in [-0.2, 0) is 0 Å². The van der Waals surface area contributed by atoms with Crippen molar-refractivity contribution >= 4 is 33.4 Å². The Labute approximate surface area is 141 Å². The Morgan fingerprint density at radius 1 is 1.10 bits per heavy atom. The molecule has 0 saturated carbocycles. The molecule has 3 heteroatoms. The summed E-state index contributed by atoms with van der Waals surface area (Å²) in [5.41, 5.74) is 1.21. The lowest BCUT2D eigenvalue weighted by Crippen LogP contribution is -2.16. The van der Waals surface area contributed by atoms with Gasteiger partial charge in [0.15, 0.2) is 0 Å². The second-order valence-corrected chi connectivity index (χ2v) is 6.29. The highest BCUT2D eigenvalue weighted by molar-refractivity contribution is 9.10. The van der Waals surface area contributed by atoms with Gasteiger partial charge in [-0.2, -0.15) is 0 Å². The summed E-state index contributed by atoms with van der Waals surface area (Å²) in [6.45, 7) is 8.62. The van der Waals surface area contributed by atoms with Crippen LogP contribution in [0.3, 0.4) is 0 Å². The number of anilines is 1. The fourth-order valence-electron chi connectivity index (χ4n) is 1.73. The van der Waals surface area contributed by atoms with E-state index in [9.17, 15) is 0 Å². The molecule has 0 spiro atoms. The Bertz CT molecular complexity index is 551. The number of benzene rings is 2. The third kappa shape index (κ3) is 5.98. The van der Waals surface area contributed by atoms with E-state index in [-0.39, 0.29) is 0 Å². The van der Waals surface area contributed by atoms with Gasteiger partial charge in [-0.05, 0) is 42.5 Å². The first-order valence-corrected chi connectivity index (χ1v) is 8.65. The minimum absolute atomic E-state index is 0.859. The molecule has 0 fully saturated rings. The predicted molar refractivity (Wildman–Crippen MR) is 99.5 cm³/mol. The molecule has 1 nitrogen and oxygen atoms in total. The average molecular weight is 364 g/mol. The van der Waals surface area contributed by atoms with Crippen molar-refractivity contribution in [1.82, 2.24) is 0 Å². The summed E-state index contributed by atoms with van der Waals surface area (Å²) in [6.07, 6.45) is 1.91. The molecule has 0 aromatic heterocycles. The van der Waals surface area contributed by atoms with Crippen LogP contribution >= 0.6 is 27.7 Å². The number of halogens is 1. The fourth-order valence-corrected chi connectivity index (χ4v) is 3.16. The molecule has 0 aliphatic carbocycles. The van der Waals surface area contributed by atoms with Crippen molar-refractivity contribution in [2.45, 2.75) is 23.6 Å². The summed E-state index contributed by atoms with van der Waals surface area (Å²) >= 11 is 5.26. The molecule has 112 valence electrons. The molecule has 0 atom stereocenters. The first kappa shape index (κ1) is 17.9. The monoisotopic (exact) mass is 363 g/mol. The Morgan fingerprint density at radius 2 is 1.76 bits per heavy atom. The highest BCUT2D eigenvalue weighted by atomic mass is 79.9. The first-order chi connectivity index (χ1) is 10.2. The SMILES string of the molecule is C=CCN(C)c1ccc(Sc2cccc(Br)c2)cc1.CC. The number of hydrogen-bond donors (Lipinski definition) is 0. The summed E-state index contributed by atoms with van der Waals surface area (Å²) in [4.78, 5) is 4.65. The van der Waals surface area contributed by atoms with E-state index in [0.717, 1.165) is 11.0 Å². The fraction of sp³-hybridized carbons (Fsp3) is 0.222. The Kier molecular flexibility index (Phi) is 8.24. The van der Waals surface area contributed by atoms with Gasteiger partial charge in [0.2, 0.25) is 0 Å². The molecule has 2 aromatic carbocycles. The average Bonchev–Trinajstić information content (AvgIpc) is 2.50. The van der Waals surface area contributed by atoms with E-state index >= 15 is 0 Å². The van der Waals surface area contributed by atoms with Crippen LogP contribution in [-0.4, -0.2) is 13.6 Å². The lowest BCUT2D eigenvalue weighted by molar-refractivity contribution is 1.03. The maximum Gasteiger partial charge on any atom is 0.0367 e. The van der Waals surface area contributed by atoms with Crippen molar-refractivity contribution in [1.29, 1.82) is 0 Å². The molecule has 2 rings (SSSR count). The van der Waals surface area contributed by atoms with Crippen molar-refractivity contribution in [2.24, 2.45) is 0 Å². The smallest absolute Gasteiger partial charge is 0.0367 e. The topological polar surface area (TPSA) is 3.24 Å². The maximum atomic E-state index is 3.76. The van der Waals surface area contributed by atoms with Crippen LogP contribution in [0.4, 0.5) is 5.69 Å². The molecule has 0 saturated heterocycles. The predicted octanol–water partition coefficient (Wildman–Crippen LogP) is 6.25. The van der Waals surface area contributed by atoms with E-state index in [0.29, 0.717) is 0 Å². The lowest BCUT2D eigenvalue weighted by atomic mass is 10.3. The van der Waals surface area contributed by atoms with Gasteiger partial charge in [-0.25, -0.2) is 0 Å². The highest BCUT2D eigenvalue weighted by Crippen LogP contribution is 2.30. The van der Waals surface area contributed by atoms with Crippen LogP contribution in [0.5, 0.6) is 0 Å². The van der Waals surface area contributed by atoms with Gasteiger partial charge in [-0.1, -0.05) is 53.7 Å². The van der Waals surface area contributed by atoms with Crippen LogP contribution in [0, 0.1) is 0 Å². The quantitative estimate of drug-likeness (QED) is 0.577. The molecule has 21 heavy (non-hydrogen) atoms. The Balaban J connectivity index is 0.00000106. The van der Waals surface area contributed by atoms with Gasteiger partial charge in [0.25, 0.3) is 0 Å². The third-order valence-electron chi connectivity index (χ3n) is 2.71. The molecule has 0 radical (unpaired) electrons. The van der Waals surface area contributed by atoms with Crippen molar-refractivity contribution in [3.63, 3.8) is 0 Å². The van der Waals surface area contributed by atoms with Crippen LogP contribution in [0.1, 0.15) is 13.8 Å². The molecule has 0 bridgehead atoms. The van der Waals surface area contributed by atoms with Crippen LogP contribution in [0.25, 0.3) is 0 Å². The second-order valence-electron chi connectivity index (χ2n) is 4.22. The molecule has 0 unspecified atom stereocenters. The zero-order valence-corrected chi connectivity index (χ0v) is 15.2. The lowest BCUT2D eigenvalue weighted by Gasteiger charge is -2.17. The molecule has 0 aliphatic rings. The molecule has 0 aliphatic heterocycles. The first-order valence-electron chi connectivity index (χ1n) is 7.04. The van der Waals surface area contributed by atoms with Gasteiger partial charge < -0.3 is 4.90 Å². The van der Waals surface area contributed by atoms with E-state index in [1.54, 1.807) is 11.8 Å². The molecule has 0 N–H and O–H groups in total. The van der Waals surface area contributed by atoms with Crippen molar-refractivity contribution in [3.05, 3.63) is 65.7 Å². The summed E-state index contributed by atoms with van der Waals surface area (Å²) in [5.74, 6) is 0. The minimum atomic E-state index is 0.859. The minimum Gasteiger partial charge on any atom is -0.371 e. The number of hydrogen-bond acceptors (Lipinski definition) is 2. The summed E-state index contributed by atoms with van der Waals surface area (Å²) in [7, 11) is 2.07. The van der Waals surface area contributed by atoms with Crippen molar-refractivity contribution in [2.75, 3.05) is 18.5 Å². The highest BCUT2D eigenvalue weighted by Gasteiger charge is 2.01.